The number of aliphatic hydroxyl groups is 1. The highest BCUT2D eigenvalue weighted by molar-refractivity contribution is 7.18. The largest absolute Gasteiger partial charge is 0.393 e. The van der Waals surface area contributed by atoms with Crippen LogP contribution in [0.3, 0.4) is 0 Å². The molecule has 1 amide bonds. The molecule has 0 atom stereocenters. The van der Waals surface area contributed by atoms with Crippen molar-refractivity contribution in [1.82, 2.24) is 9.88 Å². The summed E-state index contributed by atoms with van der Waals surface area (Å²) < 4.78 is 0. The molecule has 1 aliphatic heterocycles. The Hall–Kier alpha value is -1.34. The van der Waals surface area contributed by atoms with Crippen molar-refractivity contribution in [2.75, 3.05) is 37.3 Å². The number of thiazole rings is 1. The maximum atomic E-state index is 12.4. The van der Waals surface area contributed by atoms with Crippen LogP contribution in [0.4, 0.5) is 10.9 Å². The lowest BCUT2D eigenvalue weighted by Crippen LogP contribution is -2.40. The van der Waals surface area contributed by atoms with E-state index < -0.39 is 0 Å². The summed E-state index contributed by atoms with van der Waals surface area (Å²) in [5, 5.41) is 10.2. The van der Waals surface area contributed by atoms with E-state index in [2.05, 4.69) is 4.98 Å². The van der Waals surface area contributed by atoms with Crippen molar-refractivity contribution >= 4 is 28.2 Å². The molecular weight excluding hydrogens is 264 g/mol. The summed E-state index contributed by atoms with van der Waals surface area (Å²) in [6.45, 7) is 3.99. The van der Waals surface area contributed by atoms with Gasteiger partial charge in [-0.3, -0.25) is 4.79 Å². The van der Waals surface area contributed by atoms with Gasteiger partial charge in [0.15, 0.2) is 5.13 Å². The minimum atomic E-state index is -0.287. The van der Waals surface area contributed by atoms with E-state index in [-0.39, 0.29) is 12.0 Å². The number of hydrogen-bond donors (Lipinski definition) is 2. The second-order valence-electron chi connectivity index (χ2n) is 4.75. The first-order valence-electron chi connectivity index (χ1n) is 6.47. The van der Waals surface area contributed by atoms with Crippen LogP contribution in [0.2, 0.25) is 0 Å². The number of nitrogens with zero attached hydrogens (tertiary/aromatic N) is 3. The summed E-state index contributed by atoms with van der Waals surface area (Å²) in [7, 11) is 1.92. The summed E-state index contributed by atoms with van der Waals surface area (Å²) in [6, 6.07) is 0. The lowest BCUT2D eigenvalue weighted by Gasteiger charge is -2.29. The van der Waals surface area contributed by atoms with Crippen molar-refractivity contribution in [3.05, 3.63) is 4.88 Å². The molecule has 1 saturated heterocycles. The Balaban J connectivity index is 2.13. The van der Waals surface area contributed by atoms with E-state index in [4.69, 9.17) is 5.73 Å². The number of likely N-dealkylation sites (tertiary alicyclic amines) is 1. The average molecular weight is 284 g/mol. The molecule has 1 aromatic rings. The number of anilines is 2. The Morgan fingerprint density at radius 1 is 1.58 bits per heavy atom. The zero-order chi connectivity index (χ0) is 14.0. The van der Waals surface area contributed by atoms with Gasteiger partial charge < -0.3 is 20.6 Å². The van der Waals surface area contributed by atoms with E-state index in [1.165, 1.54) is 11.3 Å². The van der Waals surface area contributed by atoms with Crippen LogP contribution in [-0.2, 0) is 0 Å². The SMILES string of the molecule is CCN(C)c1nc(N)c(C(=O)N2CCC(O)CC2)s1. The molecule has 6 nitrogen and oxygen atoms in total. The Morgan fingerprint density at radius 3 is 2.79 bits per heavy atom. The van der Waals surface area contributed by atoms with Gasteiger partial charge in [0, 0.05) is 26.7 Å². The Bertz CT molecular complexity index is 455. The van der Waals surface area contributed by atoms with Gasteiger partial charge in [-0.05, 0) is 19.8 Å². The summed E-state index contributed by atoms with van der Waals surface area (Å²) in [5.41, 5.74) is 5.84. The first-order valence-corrected chi connectivity index (χ1v) is 7.29. The molecule has 106 valence electrons. The molecular formula is C12H20N4O2S. The molecule has 7 heteroatoms. The molecule has 0 saturated carbocycles. The first-order chi connectivity index (χ1) is 9.02. The van der Waals surface area contributed by atoms with Crippen molar-refractivity contribution in [1.29, 1.82) is 0 Å². The van der Waals surface area contributed by atoms with E-state index in [0.717, 1.165) is 11.7 Å². The molecule has 2 heterocycles. The van der Waals surface area contributed by atoms with Gasteiger partial charge in [0.25, 0.3) is 5.91 Å². The lowest BCUT2D eigenvalue weighted by atomic mass is 10.1. The zero-order valence-corrected chi connectivity index (χ0v) is 12.1. The summed E-state index contributed by atoms with van der Waals surface area (Å²) in [4.78, 5) is 20.8. The highest BCUT2D eigenvalue weighted by Crippen LogP contribution is 2.29. The summed E-state index contributed by atoms with van der Waals surface area (Å²) >= 11 is 1.33. The van der Waals surface area contributed by atoms with Crippen LogP contribution in [0.25, 0.3) is 0 Å². The molecule has 3 N–H and O–H groups in total. The third-order valence-electron chi connectivity index (χ3n) is 3.39. The van der Waals surface area contributed by atoms with Crippen LogP contribution in [0.5, 0.6) is 0 Å². The van der Waals surface area contributed by atoms with Crippen LogP contribution in [-0.4, -0.2) is 53.7 Å². The second-order valence-corrected chi connectivity index (χ2v) is 5.73. The molecule has 0 aromatic carbocycles. The number of rotatable bonds is 3. The van der Waals surface area contributed by atoms with Crippen molar-refractivity contribution in [2.24, 2.45) is 0 Å². The smallest absolute Gasteiger partial charge is 0.267 e. The molecule has 1 aliphatic rings. The molecule has 0 radical (unpaired) electrons. The topological polar surface area (TPSA) is 82.7 Å². The molecule has 2 rings (SSSR count). The van der Waals surface area contributed by atoms with Crippen LogP contribution in [0.15, 0.2) is 0 Å². The highest BCUT2D eigenvalue weighted by Gasteiger charge is 2.26. The predicted molar refractivity (Wildman–Crippen MR) is 76.6 cm³/mol. The van der Waals surface area contributed by atoms with Gasteiger partial charge in [-0.1, -0.05) is 11.3 Å². The maximum Gasteiger partial charge on any atom is 0.267 e. The maximum absolute atomic E-state index is 12.4. The third-order valence-corrected chi connectivity index (χ3v) is 4.56. The average Bonchev–Trinajstić information content (AvgIpc) is 2.80. The van der Waals surface area contributed by atoms with Gasteiger partial charge in [-0.2, -0.15) is 0 Å². The standard InChI is InChI=1S/C12H20N4O2S/c1-3-15(2)12-14-10(13)9(19-12)11(18)16-6-4-8(17)5-7-16/h8,17H,3-7,13H2,1-2H3. The van der Waals surface area contributed by atoms with Crippen LogP contribution >= 0.6 is 11.3 Å². The Morgan fingerprint density at radius 2 is 2.21 bits per heavy atom. The fourth-order valence-electron chi connectivity index (χ4n) is 1.98. The highest BCUT2D eigenvalue weighted by atomic mass is 32.1. The lowest BCUT2D eigenvalue weighted by molar-refractivity contribution is 0.0551. The molecule has 1 fully saturated rings. The van der Waals surface area contributed by atoms with Gasteiger partial charge in [-0.15, -0.1) is 0 Å². The predicted octanol–water partition coefficient (Wildman–Crippen LogP) is 0.778. The second kappa shape index (κ2) is 5.75. The number of aromatic nitrogens is 1. The van der Waals surface area contributed by atoms with Crippen molar-refractivity contribution in [3.8, 4) is 0 Å². The fraction of sp³-hybridized carbons (Fsp3) is 0.667. The molecule has 19 heavy (non-hydrogen) atoms. The molecule has 0 aliphatic carbocycles. The zero-order valence-electron chi connectivity index (χ0n) is 11.3. The number of nitrogen functional groups attached to an aromatic ring is 1. The van der Waals surface area contributed by atoms with E-state index in [1.807, 2.05) is 18.9 Å². The van der Waals surface area contributed by atoms with E-state index in [1.54, 1.807) is 4.90 Å². The molecule has 0 bridgehead atoms. The number of carbonyl (C=O) groups excluding carboxylic acids is 1. The number of piperidine rings is 1. The number of nitrogens with two attached hydrogens (primary N) is 1. The van der Waals surface area contributed by atoms with Crippen molar-refractivity contribution in [3.63, 3.8) is 0 Å². The minimum absolute atomic E-state index is 0.0716. The van der Waals surface area contributed by atoms with Crippen LogP contribution in [0.1, 0.15) is 29.4 Å². The fourth-order valence-corrected chi connectivity index (χ4v) is 2.96. The Kier molecular flexibility index (Phi) is 4.26. The Labute approximate surface area is 116 Å². The summed E-state index contributed by atoms with van der Waals surface area (Å²) in [6.07, 6.45) is 0.975. The van der Waals surface area contributed by atoms with Gasteiger partial charge in [0.05, 0.1) is 6.10 Å². The molecule has 0 unspecified atom stereocenters. The number of amides is 1. The quantitative estimate of drug-likeness (QED) is 0.857. The number of carbonyl (C=O) groups is 1. The van der Waals surface area contributed by atoms with Gasteiger partial charge >= 0.3 is 0 Å². The van der Waals surface area contributed by atoms with Crippen molar-refractivity contribution < 1.29 is 9.90 Å². The van der Waals surface area contributed by atoms with Gasteiger partial charge in [0.1, 0.15) is 10.7 Å². The normalized spacial score (nSPS) is 16.7. The minimum Gasteiger partial charge on any atom is -0.393 e. The number of aliphatic hydroxyl groups excluding tert-OH is 1. The first kappa shape index (κ1) is 14.1. The van der Waals surface area contributed by atoms with Gasteiger partial charge in [-0.25, -0.2) is 4.98 Å². The van der Waals surface area contributed by atoms with Gasteiger partial charge in [0.2, 0.25) is 0 Å². The van der Waals surface area contributed by atoms with Crippen molar-refractivity contribution in [2.45, 2.75) is 25.9 Å². The summed E-state index contributed by atoms with van der Waals surface area (Å²) in [5.74, 6) is 0.231. The van der Waals surface area contributed by atoms with E-state index in [0.29, 0.717) is 36.6 Å². The molecule has 0 spiro atoms. The van der Waals surface area contributed by atoms with E-state index >= 15 is 0 Å². The van der Waals surface area contributed by atoms with Crippen LogP contribution in [0, 0.1) is 0 Å². The number of hydrogen-bond acceptors (Lipinski definition) is 6. The monoisotopic (exact) mass is 284 g/mol. The third kappa shape index (κ3) is 2.98. The van der Waals surface area contributed by atoms with E-state index in [9.17, 15) is 9.90 Å². The molecule has 1 aromatic heterocycles. The van der Waals surface area contributed by atoms with Crippen LogP contribution < -0.4 is 10.6 Å².